The Kier molecular flexibility index (Phi) is 4.19. The van der Waals surface area contributed by atoms with E-state index in [4.69, 9.17) is 16.0 Å². The van der Waals surface area contributed by atoms with Crippen molar-refractivity contribution in [1.29, 1.82) is 0 Å². The summed E-state index contributed by atoms with van der Waals surface area (Å²) < 4.78 is 18.6. The molecular weight excluding hydrogens is 289 g/mol. The van der Waals surface area contributed by atoms with E-state index in [-0.39, 0.29) is 17.3 Å². The molecule has 0 unspecified atom stereocenters. The molecule has 1 N–H and O–H groups in total. The summed E-state index contributed by atoms with van der Waals surface area (Å²) in [4.78, 5) is 14.2. The van der Waals surface area contributed by atoms with Crippen molar-refractivity contribution in [3.63, 3.8) is 0 Å². The van der Waals surface area contributed by atoms with Crippen molar-refractivity contribution < 1.29 is 13.7 Å². The fraction of sp³-hybridized carbons (Fsp3) is 0.250. The summed E-state index contributed by atoms with van der Waals surface area (Å²) in [5.41, 5.74) is -0.285. The Morgan fingerprint density at radius 1 is 1.55 bits per heavy atom. The first-order valence-corrected chi connectivity index (χ1v) is 6.20. The molecule has 0 bridgehead atoms. The van der Waals surface area contributed by atoms with Crippen LogP contribution in [0.1, 0.15) is 18.6 Å². The van der Waals surface area contributed by atoms with E-state index in [0.29, 0.717) is 18.1 Å². The molecule has 0 aliphatic carbocycles. The van der Waals surface area contributed by atoms with Crippen molar-refractivity contribution in [1.82, 2.24) is 4.98 Å². The van der Waals surface area contributed by atoms with Gasteiger partial charge in [0.25, 0.3) is 5.69 Å². The Hall–Kier alpha value is -2.15. The van der Waals surface area contributed by atoms with Crippen molar-refractivity contribution >= 4 is 23.0 Å². The Bertz CT molecular complexity index is 645. The van der Waals surface area contributed by atoms with E-state index in [1.165, 1.54) is 6.07 Å². The number of halogens is 2. The molecule has 0 amide bonds. The standard InChI is InChI=1S/C12H11ClFN3O3/c1-2-7-5-16-12(20-7)6-15-10-3-8(13)9(14)4-11(10)17(18)19/h3-5,15H,2,6H2,1H3. The van der Waals surface area contributed by atoms with Crippen LogP contribution in [-0.2, 0) is 13.0 Å². The number of aryl methyl sites for hydroxylation is 1. The van der Waals surface area contributed by atoms with Gasteiger partial charge in [-0.3, -0.25) is 10.1 Å². The highest BCUT2D eigenvalue weighted by Gasteiger charge is 2.18. The molecule has 1 aromatic carbocycles. The maximum absolute atomic E-state index is 13.2. The lowest BCUT2D eigenvalue weighted by Crippen LogP contribution is -2.03. The van der Waals surface area contributed by atoms with E-state index in [2.05, 4.69) is 10.3 Å². The van der Waals surface area contributed by atoms with Crippen molar-refractivity contribution in [2.24, 2.45) is 0 Å². The molecule has 0 atom stereocenters. The number of rotatable bonds is 5. The van der Waals surface area contributed by atoms with Crippen LogP contribution in [0.3, 0.4) is 0 Å². The molecule has 0 fully saturated rings. The number of hydrogen-bond acceptors (Lipinski definition) is 5. The minimum atomic E-state index is -0.840. The van der Waals surface area contributed by atoms with Crippen molar-refractivity contribution in [3.8, 4) is 0 Å². The van der Waals surface area contributed by atoms with Gasteiger partial charge in [-0.15, -0.1) is 0 Å². The fourth-order valence-electron chi connectivity index (χ4n) is 1.59. The first-order chi connectivity index (χ1) is 9.51. The molecule has 2 aromatic rings. The lowest BCUT2D eigenvalue weighted by atomic mass is 10.2. The van der Waals surface area contributed by atoms with Gasteiger partial charge in [0.2, 0.25) is 5.89 Å². The zero-order chi connectivity index (χ0) is 14.7. The lowest BCUT2D eigenvalue weighted by Gasteiger charge is -2.06. The molecule has 0 radical (unpaired) electrons. The van der Waals surface area contributed by atoms with Gasteiger partial charge in [-0.25, -0.2) is 9.37 Å². The summed E-state index contributed by atoms with van der Waals surface area (Å²) in [6.45, 7) is 2.06. The highest BCUT2D eigenvalue weighted by molar-refractivity contribution is 6.31. The van der Waals surface area contributed by atoms with Crippen LogP contribution < -0.4 is 5.32 Å². The van der Waals surface area contributed by atoms with Gasteiger partial charge < -0.3 is 9.73 Å². The molecule has 6 nitrogen and oxygen atoms in total. The summed E-state index contributed by atoms with van der Waals surface area (Å²) in [6, 6.07) is 1.94. The second kappa shape index (κ2) is 5.87. The molecule has 1 aromatic heterocycles. The van der Waals surface area contributed by atoms with Gasteiger partial charge in [0.1, 0.15) is 17.3 Å². The maximum atomic E-state index is 13.2. The van der Waals surface area contributed by atoms with Crippen molar-refractivity contribution in [3.05, 3.63) is 50.9 Å². The lowest BCUT2D eigenvalue weighted by molar-refractivity contribution is -0.384. The second-order valence-corrected chi connectivity index (χ2v) is 4.38. The Labute approximate surface area is 118 Å². The zero-order valence-corrected chi connectivity index (χ0v) is 11.3. The second-order valence-electron chi connectivity index (χ2n) is 3.97. The van der Waals surface area contributed by atoms with Crippen LogP contribution >= 0.6 is 11.6 Å². The number of aromatic nitrogens is 1. The number of nitrogens with one attached hydrogen (secondary N) is 1. The van der Waals surface area contributed by atoms with E-state index in [0.717, 1.165) is 6.07 Å². The van der Waals surface area contributed by atoms with Crippen molar-refractivity contribution in [2.45, 2.75) is 19.9 Å². The minimum absolute atomic E-state index is 0.109. The number of benzene rings is 1. The molecule has 0 saturated heterocycles. The summed E-state index contributed by atoms with van der Waals surface area (Å²) in [5.74, 6) is 0.262. The molecular formula is C12H11ClFN3O3. The molecule has 20 heavy (non-hydrogen) atoms. The zero-order valence-electron chi connectivity index (χ0n) is 10.5. The van der Waals surface area contributed by atoms with Crippen LogP contribution in [0.5, 0.6) is 0 Å². The number of nitrogens with zero attached hydrogens (tertiary/aromatic N) is 2. The van der Waals surface area contributed by atoms with Crippen LogP contribution in [0, 0.1) is 15.9 Å². The van der Waals surface area contributed by atoms with Crippen molar-refractivity contribution in [2.75, 3.05) is 5.32 Å². The predicted molar refractivity (Wildman–Crippen MR) is 71.3 cm³/mol. The van der Waals surface area contributed by atoms with Crippen LogP contribution in [0.15, 0.2) is 22.7 Å². The van der Waals surface area contributed by atoms with Gasteiger partial charge in [0, 0.05) is 6.42 Å². The summed E-state index contributed by atoms with van der Waals surface area (Å²) >= 11 is 5.62. The normalized spacial score (nSPS) is 10.6. The highest BCUT2D eigenvalue weighted by atomic mass is 35.5. The van der Waals surface area contributed by atoms with E-state index < -0.39 is 16.4 Å². The van der Waals surface area contributed by atoms with Gasteiger partial charge in [-0.1, -0.05) is 18.5 Å². The quantitative estimate of drug-likeness (QED) is 0.674. The van der Waals surface area contributed by atoms with Gasteiger partial charge in [-0.05, 0) is 6.07 Å². The molecule has 0 saturated carbocycles. The first-order valence-electron chi connectivity index (χ1n) is 5.82. The topological polar surface area (TPSA) is 81.2 Å². The maximum Gasteiger partial charge on any atom is 0.295 e. The number of hydrogen-bond donors (Lipinski definition) is 1. The van der Waals surface area contributed by atoms with Gasteiger partial charge in [0.05, 0.1) is 28.8 Å². The number of oxazole rings is 1. The first kappa shape index (κ1) is 14.3. The molecule has 0 aliphatic rings. The summed E-state index contributed by atoms with van der Waals surface area (Å²) in [5, 5.41) is 13.4. The monoisotopic (exact) mass is 299 g/mol. The van der Waals surface area contributed by atoms with Gasteiger partial charge in [-0.2, -0.15) is 0 Å². The highest BCUT2D eigenvalue weighted by Crippen LogP contribution is 2.30. The molecule has 106 valence electrons. The SMILES string of the molecule is CCc1cnc(CNc2cc(Cl)c(F)cc2[N+](=O)[O-])o1. The predicted octanol–water partition coefficient (Wildman–Crippen LogP) is 3.55. The Morgan fingerprint density at radius 3 is 2.90 bits per heavy atom. The third-order valence-electron chi connectivity index (χ3n) is 2.62. The summed E-state index contributed by atoms with van der Waals surface area (Å²) in [6.07, 6.45) is 2.29. The molecule has 2 rings (SSSR count). The summed E-state index contributed by atoms with van der Waals surface area (Å²) in [7, 11) is 0. The van der Waals surface area contributed by atoms with Crippen LogP contribution in [0.2, 0.25) is 5.02 Å². The minimum Gasteiger partial charge on any atom is -0.444 e. The largest absolute Gasteiger partial charge is 0.444 e. The van der Waals surface area contributed by atoms with Gasteiger partial charge in [0.15, 0.2) is 0 Å². The smallest absolute Gasteiger partial charge is 0.295 e. The third kappa shape index (κ3) is 3.05. The van der Waals surface area contributed by atoms with E-state index in [1.54, 1.807) is 6.20 Å². The third-order valence-corrected chi connectivity index (χ3v) is 2.90. The molecule has 0 spiro atoms. The number of nitro groups is 1. The average Bonchev–Trinajstić information content (AvgIpc) is 2.87. The number of nitro benzene ring substituents is 1. The molecule has 1 heterocycles. The average molecular weight is 300 g/mol. The molecule has 0 aliphatic heterocycles. The number of anilines is 1. The fourth-order valence-corrected chi connectivity index (χ4v) is 1.76. The van der Waals surface area contributed by atoms with Crippen LogP contribution in [-0.4, -0.2) is 9.91 Å². The van der Waals surface area contributed by atoms with E-state index in [1.807, 2.05) is 6.92 Å². The van der Waals surface area contributed by atoms with Crippen LogP contribution in [0.4, 0.5) is 15.8 Å². The molecule has 8 heteroatoms. The van der Waals surface area contributed by atoms with Gasteiger partial charge >= 0.3 is 0 Å². The van der Waals surface area contributed by atoms with E-state index in [9.17, 15) is 14.5 Å². The van der Waals surface area contributed by atoms with Crippen LogP contribution in [0.25, 0.3) is 0 Å². The Morgan fingerprint density at radius 2 is 2.30 bits per heavy atom. The Balaban J connectivity index is 2.20. The van der Waals surface area contributed by atoms with E-state index >= 15 is 0 Å².